The van der Waals surface area contributed by atoms with E-state index in [2.05, 4.69) is 0 Å². The predicted octanol–water partition coefficient (Wildman–Crippen LogP) is 5.62. The van der Waals surface area contributed by atoms with E-state index in [1.165, 1.54) is 4.90 Å². The van der Waals surface area contributed by atoms with Crippen molar-refractivity contribution in [1.82, 2.24) is 4.90 Å². The Morgan fingerprint density at radius 2 is 1.66 bits per heavy atom. The van der Waals surface area contributed by atoms with Gasteiger partial charge in [-0.15, -0.1) is 0 Å². The van der Waals surface area contributed by atoms with Crippen LogP contribution < -0.4 is 4.74 Å². The third kappa shape index (κ3) is 4.22. The molecule has 1 N–H and O–H groups in total. The number of Topliss-reactive ketones (excluding diaryl/α,β-unsaturated/α-hetero) is 1. The molecule has 1 heterocycles. The largest absolute Gasteiger partial charge is 0.507 e. The van der Waals surface area contributed by atoms with E-state index in [0.717, 1.165) is 5.56 Å². The van der Waals surface area contributed by atoms with Crippen molar-refractivity contribution < 1.29 is 19.4 Å². The second-order valence-electron chi connectivity index (χ2n) is 7.34. The first kappa shape index (κ1) is 21.9. The highest BCUT2D eigenvalue weighted by molar-refractivity contribution is 6.46. The second-order valence-corrected chi connectivity index (χ2v) is 8.21. The van der Waals surface area contributed by atoms with Gasteiger partial charge in [0.05, 0.1) is 18.7 Å². The minimum absolute atomic E-state index is 0.00750. The number of ketones is 1. The molecule has 162 valence electrons. The molecule has 0 aliphatic carbocycles. The number of rotatable bonds is 5. The Hall–Kier alpha value is -3.28. The molecule has 0 saturated carbocycles. The Labute approximate surface area is 195 Å². The van der Waals surface area contributed by atoms with Crippen LogP contribution in [0.4, 0.5) is 0 Å². The van der Waals surface area contributed by atoms with Crippen LogP contribution in [0.2, 0.25) is 10.0 Å². The minimum Gasteiger partial charge on any atom is -0.507 e. The first-order valence-electron chi connectivity index (χ1n) is 9.82. The van der Waals surface area contributed by atoms with E-state index in [1.54, 1.807) is 67.8 Å². The van der Waals surface area contributed by atoms with Gasteiger partial charge in [-0.2, -0.15) is 0 Å². The number of ether oxygens (including phenoxy) is 1. The monoisotopic (exact) mass is 467 g/mol. The third-order valence-corrected chi connectivity index (χ3v) is 5.82. The molecule has 1 aliphatic heterocycles. The molecule has 1 saturated heterocycles. The molecule has 1 aliphatic rings. The number of hydrogen-bond acceptors (Lipinski definition) is 4. The van der Waals surface area contributed by atoms with E-state index in [0.29, 0.717) is 26.9 Å². The molecular weight excluding hydrogens is 449 g/mol. The Morgan fingerprint density at radius 1 is 0.969 bits per heavy atom. The van der Waals surface area contributed by atoms with Crippen LogP contribution in [0.5, 0.6) is 5.75 Å². The van der Waals surface area contributed by atoms with Crippen molar-refractivity contribution in [2.24, 2.45) is 0 Å². The summed E-state index contributed by atoms with van der Waals surface area (Å²) in [7, 11) is 1.57. The summed E-state index contributed by atoms with van der Waals surface area (Å²) in [5, 5.41) is 12.0. The summed E-state index contributed by atoms with van der Waals surface area (Å²) in [5.74, 6) is -1.03. The van der Waals surface area contributed by atoms with Gasteiger partial charge in [0.1, 0.15) is 11.5 Å². The number of amides is 1. The molecule has 3 aromatic carbocycles. The van der Waals surface area contributed by atoms with Gasteiger partial charge in [-0.1, -0.05) is 59.6 Å². The number of likely N-dealkylation sites (tertiary alicyclic amines) is 1. The highest BCUT2D eigenvalue weighted by Crippen LogP contribution is 2.40. The van der Waals surface area contributed by atoms with Crippen molar-refractivity contribution in [3.63, 3.8) is 0 Å². The number of aliphatic hydroxyl groups excluding tert-OH is 1. The number of hydrogen-bond donors (Lipinski definition) is 1. The van der Waals surface area contributed by atoms with Crippen LogP contribution >= 0.6 is 23.2 Å². The first-order chi connectivity index (χ1) is 15.4. The molecule has 4 rings (SSSR count). The number of carbonyl (C=O) groups is 2. The number of methoxy groups -OCH3 is 1. The van der Waals surface area contributed by atoms with Crippen molar-refractivity contribution in [3.8, 4) is 5.75 Å². The van der Waals surface area contributed by atoms with E-state index in [4.69, 9.17) is 27.9 Å². The maximum absolute atomic E-state index is 13.1. The molecule has 0 aromatic heterocycles. The maximum atomic E-state index is 13.1. The van der Waals surface area contributed by atoms with Crippen molar-refractivity contribution in [2.45, 2.75) is 12.6 Å². The number of nitrogens with zero attached hydrogens (tertiary/aromatic N) is 1. The quantitative estimate of drug-likeness (QED) is 0.300. The highest BCUT2D eigenvalue weighted by Gasteiger charge is 2.46. The molecule has 0 radical (unpaired) electrons. The van der Waals surface area contributed by atoms with Gasteiger partial charge in [0, 0.05) is 22.2 Å². The van der Waals surface area contributed by atoms with Crippen molar-refractivity contribution in [3.05, 3.63) is 105 Å². The molecule has 5 nitrogen and oxygen atoms in total. The van der Waals surface area contributed by atoms with E-state index < -0.39 is 17.7 Å². The van der Waals surface area contributed by atoms with Crippen molar-refractivity contribution in [1.29, 1.82) is 0 Å². The molecule has 32 heavy (non-hydrogen) atoms. The maximum Gasteiger partial charge on any atom is 0.295 e. The van der Waals surface area contributed by atoms with Gasteiger partial charge < -0.3 is 14.7 Å². The minimum atomic E-state index is -0.784. The smallest absolute Gasteiger partial charge is 0.295 e. The summed E-state index contributed by atoms with van der Waals surface area (Å²) >= 11 is 12.1. The fourth-order valence-electron chi connectivity index (χ4n) is 3.75. The van der Waals surface area contributed by atoms with E-state index in [-0.39, 0.29) is 17.9 Å². The van der Waals surface area contributed by atoms with Crippen molar-refractivity contribution in [2.75, 3.05) is 7.11 Å². The standard InChI is InChI=1S/C25H19Cl2NO4/c1-32-20-11-5-15(6-12-20)14-28-22(16-7-9-18(26)10-8-16)21(24(30)25(28)31)23(29)17-3-2-4-19(27)13-17/h2-13,22,29H,14H2,1H3/b23-21-. The van der Waals surface area contributed by atoms with E-state index in [1.807, 2.05) is 12.1 Å². The normalized spacial score (nSPS) is 17.6. The summed E-state index contributed by atoms with van der Waals surface area (Å²) in [6.07, 6.45) is 0. The second kappa shape index (κ2) is 9.07. The summed E-state index contributed by atoms with van der Waals surface area (Å²) in [6, 6.07) is 19.8. The molecule has 1 fully saturated rings. The molecule has 7 heteroatoms. The Kier molecular flexibility index (Phi) is 6.21. The molecule has 1 unspecified atom stereocenters. The van der Waals surface area contributed by atoms with Crippen LogP contribution in [0.1, 0.15) is 22.7 Å². The Morgan fingerprint density at radius 3 is 2.28 bits per heavy atom. The first-order valence-corrected chi connectivity index (χ1v) is 10.6. The van der Waals surface area contributed by atoms with Crippen molar-refractivity contribution >= 4 is 40.7 Å². The SMILES string of the molecule is COc1ccc(CN2C(=O)C(=O)/C(=C(\O)c3cccc(Cl)c3)C2c2ccc(Cl)cc2)cc1. The molecular formula is C25H19Cl2NO4. The van der Waals surface area contributed by atoms with Gasteiger partial charge in [-0.3, -0.25) is 9.59 Å². The average Bonchev–Trinajstić information content (AvgIpc) is 3.04. The summed E-state index contributed by atoms with van der Waals surface area (Å²) in [5.41, 5.74) is 1.84. The van der Waals surface area contributed by atoms with Crippen LogP contribution in [-0.2, 0) is 16.1 Å². The molecule has 3 aromatic rings. The zero-order chi connectivity index (χ0) is 22.8. The highest BCUT2D eigenvalue weighted by atomic mass is 35.5. The number of aliphatic hydroxyl groups is 1. The molecule has 0 bridgehead atoms. The van der Waals surface area contributed by atoms with Crippen LogP contribution in [0.3, 0.4) is 0 Å². The summed E-state index contributed by atoms with van der Waals surface area (Å²) in [4.78, 5) is 27.6. The molecule has 1 amide bonds. The lowest BCUT2D eigenvalue weighted by Gasteiger charge is -2.25. The van der Waals surface area contributed by atoms with Gasteiger partial charge in [-0.05, 0) is 47.5 Å². The van der Waals surface area contributed by atoms with Gasteiger partial charge >= 0.3 is 0 Å². The lowest BCUT2D eigenvalue weighted by Crippen LogP contribution is -2.29. The lowest BCUT2D eigenvalue weighted by atomic mass is 9.95. The number of carbonyl (C=O) groups excluding carboxylic acids is 2. The summed E-state index contributed by atoms with van der Waals surface area (Å²) in [6.45, 7) is 0.175. The predicted molar refractivity (Wildman–Crippen MR) is 124 cm³/mol. The van der Waals surface area contributed by atoms with Gasteiger partial charge in [0.25, 0.3) is 11.7 Å². The molecule has 0 spiro atoms. The van der Waals surface area contributed by atoms with Crippen LogP contribution in [0.15, 0.2) is 78.4 Å². The zero-order valence-corrected chi connectivity index (χ0v) is 18.6. The fraction of sp³-hybridized carbons (Fsp3) is 0.120. The van der Waals surface area contributed by atoms with Gasteiger partial charge in [-0.25, -0.2) is 0 Å². The number of benzene rings is 3. The Bertz CT molecular complexity index is 1200. The molecule has 1 atom stereocenters. The fourth-order valence-corrected chi connectivity index (χ4v) is 4.07. The number of halogens is 2. The van der Waals surface area contributed by atoms with E-state index in [9.17, 15) is 14.7 Å². The third-order valence-electron chi connectivity index (χ3n) is 5.34. The van der Waals surface area contributed by atoms with E-state index >= 15 is 0 Å². The summed E-state index contributed by atoms with van der Waals surface area (Å²) < 4.78 is 5.19. The van der Waals surface area contributed by atoms with Crippen LogP contribution in [0.25, 0.3) is 5.76 Å². The van der Waals surface area contributed by atoms with Gasteiger partial charge in [0.2, 0.25) is 0 Å². The van der Waals surface area contributed by atoms with Crippen LogP contribution in [-0.4, -0.2) is 28.8 Å². The van der Waals surface area contributed by atoms with Crippen LogP contribution in [0, 0.1) is 0 Å². The topological polar surface area (TPSA) is 66.8 Å². The van der Waals surface area contributed by atoms with Gasteiger partial charge in [0.15, 0.2) is 0 Å². The zero-order valence-electron chi connectivity index (χ0n) is 17.1. The average molecular weight is 468 g/mol. The lowest BCUT2D eigenvalue weighted by molar-refractivity contribution is -0.140. The Balaban J connectivity index is 1.83.